The van der Waals surface area contributed by atoms with E-state index in [4.69, 9.17) is 0 Å². The summed E-state index contributed by atoms with van der Waals surface area (Å²) in [6.07, 6.45) is 2.83. The van der Waals surface area contributed by atoms with Gasteiger partial charge in [0.15, 0.2) is 0 Å². The van der Waals surface area contributed by atoms with Crippen LogP contribution in [0, 0.1) is 6.92 Å². The van der Waals surface area contributed by atoms with Gasteiger partial charge in [-0.05, 0) is 36.1 Å². The van der Waals surface area contributed by atoms with E-state index in [1.54, 1.807) is 11.6 Å². The van der Waals surface area contributed by atoms with Crippen LogP contribution in [0.25, 0.3) is 0 Å². The summed E-state index contributed by atoms with van der Waals surface area (Å²) in [4.78, 5) is 30.6. The number of anilines is 1. The Morgan fingerprint density at radius 1 is 1.21 bits per heavy atom. The van der Waals surface area contributed by atoms with E-state index in [0.717, 1.165) is 47.9 Å². The summed E-state index contributed by atoms with van der Waals surface area (Å²) in [5, 5.41) is 4.62. The maximum Gasteiger partial charge on any atom is 0.307 e. The maximum atomic E-state index is 12.1. The van der Waals surface area contributed by atoms with E-state index in [2.05, 4.69) is 39.5 Å². The number of nitrogens with zero attached hydrogens (tertiary/aromatic N) is 3. The lowest BCUT2D eigenvalue weighted by molar-refractivity contribution is -0.121. The summed E-state index contributed by atoms with van der Waals surface area (Å²) in [5.74, 6) is 0.769. The number of aromatic nitrogens is 2. The zero-order valence-corrected chi connectivity index (χ0v) is 16.5. The molecule has 7 heteroatoms. The fourth-order valence-electron chi connectivity index (χ4n) is 3.40. The predicted molar refractivity (Wildman–Crippen MR) is 111 cm³/mol. The number of carbonyl (C=O) groups is 1. The molecule has 0 saturated carbocycles. The summed E-state index contributed by atoms with van der Waals surface area (Å²) in [7, 11) is 0. The van der Waals surface area contributed by atoms with Crippen molar-refractivity contribution in [1.82, 2.24) is 14.9 Å². The van der Waals surface area contributed by atoms with Crippen LogP contribution >= 0.6 is 11.3 Å². The molecule has 0 bridgehead atoms. The Kier molecular flexibility index (Phi) is 5.25. The Balaban J connectivity index is 1.34. The molecule has 4 rings (SSSR count). The molecule has 0 unspecified atom stereocenters. The second-order valence-corrected chi connectivity index (χ2v) is 7.79. The number of amides is 1. The van der Waals surface area contributed by atoms with Gasteiger partial charge in [0.2, 0.25) is 5.91 Å². The third-order valence-corrected chi connectivity index (χ3v) is 5.91. The minimum atomic E-state index is -0.180. The number of carbonyl (C=O) groups excluding carboxylic acids is 1. The minimum Gasteiger partial charge on any atom is -0.352 e. The van der Waals surface area contributed by atoms with E-state index in [1.807, 2.05) is 19.1 Å². The van der Waals surface area contributed by atoms with Crippen LogP contribution in [0.15, 0.2) is 52.8 Å². The fourth-order valence-corrected chi connectivity index (χ4v) is 4.13. The highest BCUT2D eigenvalue weighted by Crippen LogP contribution is 2.22. The lowest BCUT2D eigenvalue weighted by Crippen LogP contribution is -2.31. The molecule has 3 aromatic rings. The Morgan fingerprint density at radius 2 is 2.04 bits per heavy atom. The van der Waals surface area contributed by atoms with E-state index in [9.17, 15) is 9.59 Å². The van der Waals surface area contributed by atoms with Crippen LogP contribution in [0.3, 0.4) is 0 Å². The minimum absolute atomic E-state index is 0.0485. The van der Waals surface area contributed by atoms with Crippen molar-refractivity contribution in [2.75, 3.05) is 11.4 Å². The van der Waals surface area contributed by atoms with Crippen molar-refractivity contribution in [2.45, 2.75) is 33.0 Å². The normalized spacial score (nSPS) is 13.2. The average molecular weight is 395 g/mol. The van der Waals surface area contributed by atoms with Crippen molar-refractivity contribution in [2.24, 2.45) is 0 Å². The Labute approximate surface area is 167 Å². The summed E-state index contributed by atoms with van der Waals surface area (Å²) in [6.45, 7) is 4.09. The van der Waals surface area contributed by atoms with Gasteiger partial charge in [-0.2, -0.15) is 0 Å². The molecular formula is C21H22N4O2S. The van der Waals surface area contributed by atoms with E-state index in [1.165, 1.54) is 15.7 Å². The van der Waals surface area contributed by atoms with Crippen LogP contribution in [-0.2, 0) is 30.8 Å². The van der Waals surface area contributed by atoms with Gasteiger partial charge in [-0.1, -0.05) is 41.7 Å². The van der Waals surface area contributed by atoms with Crippen molar-refractivity contribution in [3.05, 3.63) is 80.0 Å². The zero-order chi connectivity index (χ0) is 19.5. The molecule has 1 aliphatic heterocycles. The van der Waals surface area contributed by atoms with E-state index >= 15 is 0 Å². The summed E-state index contributed by atoms with van der Waals surface area (Å²) in [6, 6.07) is 12.5. The lowest BCUT2D eigenvalue weighted by Gasteiger charge is -2.29. The van der Waals surface area contributed by atoms with Crippen LogP contribution in [0.5, 0.6) is 0 Å². The summed E-state index contributed by atoms with van der Waals surface area (Å²) < 4.78 is 1.48. The van der Waals surface area contributed by atoms with Gasteiger partial charge in [0, 0.05) is 36.9 Å². The monoisotopic (exact) mass is 394 g/mol. The van der Waals surface area contributed by atoms with Crippen molar-refractivity contribution in [3.63, 3.8) is 0 Å². The molecule has 6 nitrogen and oxygen atoms in total. The molecule has 2 aromatic heterocycles. The number of pyridine rings is 1. The highest BCUT2D eigenvalue weighted by Gasteiger charge is 2.16. The van der Waals surface area contributed by atoms with Crippen molar-refractivity contribution in [1.29, 1.82) is 0 Å². The SMILES string of the molecule is Cc1csc(=O)n1CC(=O)NCc1ccc(N2CCc3ccccc3C2)nc1. The van der Waals surface area contributed by atoms with Crippen molar-refractivity contribution < 1.29 is 4.79 Å². The highest BCUT2D eigenvalue weighted by molar-refractivity contribution is 7.07. The Bertz CT molecular complexity index is 1040. The molecule has 0 fully saturated rings. The summed E-state index contributed by atoms with van der Waals surface area (Å²) >= 11 is 1.11. The molecule has 0 spiro atoms. The standard InChI is InChI=1S/C21H22N4O2S/c1-15-14-28-21(27)25(15)13-20(26)23-11-16-6-7-19(22-10-16)24-9-8-17-4-2-3-5-18(17)12-24/h2-7,10,14H,8-9,11-13H2,1H3,(H,23,26). The molecule has 1 aromatic carbocycles. The number of fused-ring (bicyclic) bond motifs is 1. The first-order chi connectivity index (χ1) is 13.6. The number of hydrogen-bond donors (Lipinski definition) is 1. The first-order valence-electron chi connectivity index (χ1n) is 9.28. The van der Waals surface area contributed by atoms with Crippen LogP contribution in [-0.4, -0.2) is 22.0 Å². The number of nitrogens with one attached hydrogen (secondary N) is 1. The molecule has 3 heterocycles. The van der Waals surface area contributed by atoms with E-state index in [0.29, 0.717) is 6.54 Å². The van der Waals surface area contributed by atoms with Gasteiger partial charge in [-0.15, -0.1) is 0 Å². The molecule has 144 valence electrons. The molecule has 0 aliphatic carbocycles. The first kappa shape index (κ1) is 18.4. The number of benzene rings is 1. The van der Waals surface area contributed by atoms with Crippen LogP contribution in [0.2, 0.25) is 0 Å². The molecule has 1 N–H and O–H groups in total. The van der Waals surface area contributed by atoms with Gasteiger partial charge in [0.1, 0.15) is 12.4 Å². The van der Waals surface area contributed by atoms with Gasteiger partial charge >= 0.3 is 4.87 Å². The third-order valence-electron chi connectivity index (χ3n) is 5.03. The van der Waals surface area contributed by atoms with Crippen LogP contribution in [0.4, 0.5) is 5.82 Å². The van der Waals surface area contributed by atoms with Crippen molar-refractivity contribution >= 4 is 23.1 Å². The molecule has 0 saturated heterocycles. The van der Waals surface area contributed by atoms with Crippen LogP contribution in [0.1, 0.15) is 22.4 Å². The average Bonchev–Trinajstić information content (AvgIpc) is 3.04. The smallest absolute Gasteiger partial charge is 0.307 e. The zero-order valence-electron chi connectivity index (χ0n) is 15.7. The Morgan fingerprint density at radius 3 is 2.75 bits per heavy atom. The number of thiazole rings is 1. The van der Waals surface area contributed by atoms with Gasteiger partial charge < -0.3 is 10.2 Å². The second-order valence-electron chi connectivity index (χ2n) is 6.97. The summed E-state index contributed by atoms with van der Waals surface area (Å²) in [5.41, 5.74) is 4.51. The second kappa shape index (κ2) is 7.98. The van der Waals surface area contributed by atoms with Gasteiger partial charge in [0.25, 0.3) is 0 Å². The third kappa shape index (κ3) is 3.99. The number of aryl methyl sites for hydroxylation is 1. The van der Waals surface area contributed by atoms with E-state index in [-0.39, 0.29) is 17.3 Å². The largest absolute Gasteiger partial charge is 0.352 e. The topological polar surface area (TPSA) is 67.2 Å². The van der Waals surface area contributed by atoms with Gasteiger partial charge in [0.05, 0.1) is 0 Å². The van der Waals surface area contributed by atoms with E-state index < -0.39 is 0 Å². The van der Waals surface area contributed by atoms with Gasteiger partial charge in [-0.3, -0.25) is 14.2 Å². The highest BCUT2D eigenvalue weighted by atomic mass is 32.1. The number of rotatable bonds is 5. The number of hydrogen-bond acceptors (Lipinski definition) is 5. The molecular weight excluding hydrogens is 372 g/mol. The first-order valence-corrected chi connectivity index (χ1v) is 10.2. The maximum absolute atomic E-state index is 12.1. The molecule has 1 amide bonds. The lowest BCUT2D eigenvalue weighted by atomic mass is 10.00. The predicted octanol–water partition coefficient (Wildman–Crippen LogP) is 2.49. The quantitative estimate of drug-likeness (QED) is 0.722. The van der Waals surface area contributed by atoms with Crippen molar-refractivity contribution in [3.8, 4) is 0 Å². The Hall–Kier alpha value is -2.93. The molecule has 1 aliphatic rings. The molecule has 0 radical (unpaired) electrons. The molecule has 28 heavy (non-hydrogen) atoms. The molecule has 0 atom stereocenters. The van der Waals surface area contributed by atoms with Crippen LogP contribution < -0.4 is 15.1 Å². The fraction of sp³-hybridized carbons (Fsp3) is 0.286. The van der Waals surface area contributed by atoms with Gasteiger partial charge in [-0.25, -0.2) is 4.98 Å².